The van der Waals surface area contributed by atoms with E-state index >= 15 is 0 Å². The van der Waals surface area contributed by atoms with Crippen LogP contribution in [0, 0.1) is 0 Å². The highest BCUT2D eigenvalue weighted by atomic mass is 16.6. The monoisotopic (exact) mass is 311 g/mol. The molecule has 1 amide bonds. The van der Waals surface area contributed by atoms with E-state index < -0.39 is 11.6 Å². The van der Waals surface area contributed by atoms with Gasteiger partial charge in [0.05, 0.1) is 5.54 Å². The molecule has 0 saturated heterocycles. The van der Waals surface area contributed by atoms with Gasteiger partial charge in [0.15, 0.2) is 0 Å². The van der Waals surface area contributed by atoms with Crippen molar-refractivity contribution in [3.8, 4) is 11.1 Å². The molecule has 0 fully saturated rings. The zero-order valence-corrected chi connectivity index (χ0v) is 13.6. The van der Waals surface area contributed by atoms with E-state index in [1.807, 2.05) is 24.3 Å². The second-order valence-corrected chi connectivity index (χ2v) is 6.79. The fraction of sp³-hybridized carbons (Fsp3) is 0.316. The number of rotatable bonds is 2. The summed E-state index contributed by atoms with van der Waals surface area (Å²) in [7, 11) is 0. The standard InChI is InChI=1S/C19H21NO3/c1-19(2,3)20(22)18(21)23-12-17-15-10-6-4-8-13(15)14-9-5-7-11-16(14)17/h4-11,17,22H,12H2,1-3H3. The van der Waals surface area contributed by atoms with E-state index in [9.17, 15) is 10.0 Å². The molecule has 0 bridgehead atoms. The van der Waals surface area contributed by atoms with Crippen molar-refractivity contribution in [1.82, 2.24) is 5.06 Å². The quantitative estimate of drug-likeness (QED) is 0.659. The van der Waals surface area contributed by atoms with Crippen molar-refractivity contribution in [3.05, 3.63) is 59.7 Å². The molecule has 1 aliphatic carbocycles. The van der Waals surface area contributed by atoms with Crippen LogP contribution >= 0.6 is 0 Å². The lowest BCUT2D eigenvalue weighted by Crippen LogP contribution is -2.43. The topological polar surface area (TPSA) is 49.8 Å². The Bertz CT molecular complexity index is 688. The Hall–Kier alpha value is -2.33. The number of fused-ring (bicyclic) bond motifs is 3. The number of carbonyl (C=O) groups excluding carboxylic acids is 1. The predicted molar refractivity (Wildman–Crippen MR) is 88.4 cm³/mol. The van der Waals surface area contributed by atoms with Crippen LogP contribution in [0.15, 0.2) is 48.5 Å². The maximum absolute atomic E-state index is 12.0. The van der Waals surface area contributed by atoms with Crippen LogP contribution in [0.3, 0.4) is 0 Å². The molecule has 3 rings (SSSR count). The SMILES string of the molecule is CC(C)(C)N(O)C(=O)OCC1c2ccccc2-c2ccccc21. The highest BCUT2D eigenvalue weighted by Gasteiger charge is 2.31. The van der Waals surface area contributed by atoms with Crippen LogP contribution < -0.4 is 0 Å². The predicted octanol–water partition coefficient (Wildman–Crippen LogP) is 4.43. The average molecular weight is 311 g/mol. The van der Waals surface area contributed by atoms with Gasteiger partial charge in [-0.15, -0.1) is 0 Å². The smallest absolute Gasteiger partial charge is 0.434 e. The van der Waals surface area contributed by atoms with Gasteiger partial charge in [0.2, 0.25) is 0 Å². The van der Waals surface area contributed by atoms with Gasteiger partial charge in [-0.25, -0.2) is 4.79 Å². The number of ether oxygens (including phenoxy) is 1. The highest BCUT2D eigenvalue weighted by molar-refractivity contribution is 5.79. The number of nitrogens with zero attached hydrogens (tertiary/aromatic N) is 1. The van der Waals surface area contributed by atoms with Crippen LogP contribution in [-0.2, 0) is 4.74 Å². The Labute approximate surface area is 136 Å². The van der Waals surface area contributed by atoms with Gasteiger partial charge in [0.25, 0.3) is 0 Å². The van der Waals surface area contributed by atoms with Crippen molar-refractivity contribution in [2.75, 3.05) is 6.61 Å². The fourth-order valence-corrected chi connectivity index (χ4v) is 2.93. The van der Waals surface area contributed by atoms with Gasteiger partial charge in [0, 0.05) is 5.92 Å². The Morgan fingerprint density at radius 3 is 2.00 bits per heavy atom. The lowest BCUT2D eigenvalue weighted by atomic mass is 9.98. The van der Waals surface area contributed by atoms with Gasteiger partial charge in [-0.3, -0.25) is 5.21 Å². The Morgan fingerprint density at radius 2 is 1.52 bits per heavy atom. The fourth-order valence-electron chi connectivity index (χ4n) is 2.93. The highest BCUT2D eigenvalue weighted by Crippen LogP contribution is 2.44. The number of hydrogen-bond donors (Lipinski definition) is 1. The van der Waals surface area contributed by atoms with Gasteiger partial charge in [-0.1, -0.05) is 48.5 Å². The third-order valence-corrected chi connectivity index (χ3v) is 4.14. The summed E-state index contributed by atoms with van der Waals surface area (Å²) in [6, 6.07) is 16.3. The maximum Gasteiger partial charge on any atom is 0.434 e. The summed E-state index contributed by atoms with van der Waals surface area (Å²) in [6.45, 7) is 5.44. The number of amides is 1. The van der Waals surface area contributed by atoms with Crippen molar-refractivity contribution < 1.29 is 14.7 Å². The second kappa shape index (κ2) is 5.70. The Morgan fingerprint density at radius 1 is 1.04 bits per heavy atom. The molecule has 0 unspecified atom stereocenters. The summed E-state index contributed by atoms with van der Waals surface area (Å²) >= 11 is 0. The normalized spacial score (nSPS) is 13.4. The molecule has 0 spiro atoms. The van der Waals surface area contributed by atoms with Gasteiger partial charge >= 0.3 is 6.09 Å². The second-order valence-electron chi connectivity index (χ2n) is 6.79. The molecule has 120 valence electrons. The largest absolute Gasteiger partial charge is 0.447 e. The van der Waals surface area contributed by atoms with Crippen LogP contribution in [-0.4, -0.2) is 28.5 Å². The maximum atomic E-state index is 12.0. The van der Waals surface area contributed by atoms with Gasteiger partial charge in [0.1, 0.15) is 6.61 Å². The zero-order chi connectivity index (χ0) is 16.6. The van der Waals surface area contributed by atoms with E-state index in [1.165, 1.54) is 11.1 Å². The lowest BCUT2D eigenvalue weighted by molar-refractivity contribution is -0.130. The minimum Gasteiger partial charge on any atom is -0.447 e. The number of benzene rings is 2. The van der Waals surface area contributed by atoms with Crippen LogP contribution in [0.1, 0.15) is 37.8 Å². The molecule has 0 saturated carbocycles. The minimum absolute atomic E-state index is 0.000261. The molecule has 2 aromatic carbocycles. The van der Waals surface area contributed by atoms with E-state index in [-0.39, 0.29) is 12.5 Å². The lowest BCUT2D eigenvalue weighted by Gasteiger charge is -2.28. The summed E-state index contributed by atoms with van der Waals surface area (Å²) in [5.41, 5.74) is 3.98. The minimum atomic E-state index is -0.723. The van der Waals surface area contributed by atoms with Gasteiger partial charge in [-0.05, 0) is 43.0 Å². The van der Waals surface area contributed by atoms with E-state index in [0.717, 1.165) is 11.1 Å². The van der Waals surface area contributed by atoms with Crippen LogP contribution in [0.2, 0.25) is 0 Å². The Balaban J connectivity index is 1.83. The van der Waals surface area contributed by atoms with Crippen molar-refractivity contribution in [3.63, 3.8) is 0 Å². The van der Waals surface area contributed by atoms with Crippen molar-refractivity contribution in [2.24, 2.45) is 0 Å². The third kappa shape index (κ3) is 2.82. The van der Waals surface area contributed by atoms with Crippen molar-refractivity contribution in [2.45, 2.75) is 32.2 Å². The average Bonchev–Trinajstić information content (AvgIpc) is 2.85. The van der Waals surface area contributed by atoms with E-state index in [4.69, 9.17) is 4.74 Å². The third-order valence-electron chi connectivity index (χ3n) is 4.14. The molecule has 0 radical (unpaired) electrons. The first-order valence-corrected chi connectivity index (χ1v) is 7.73. The Kier molecular flexibility index (Phi) is 3.86. The van der Waals surface area contributed by atoms with E-state index in [0.29, 0.717) is 5.06 Å². The van der Waals surface area contributed by atoms with Crippen LogP contribution in [0.4, 0.5) is 4.79 Å². The molecule has 4 heteroatoms. The van der Waals surface area contributed by atoms with Gasteiger partial charge < -0.3 is 4.74 Å². The molecular weight excluding hydrogens is 290 g/mol. The number of carbonyl (C=O) groups is 1. The van der Waals surface area contributed by atoms with Crippen molar-refractivity contribution >= 4 is 6.09 Å². The first kappa shape index (κ1) is 15.6. The molecule has 23 heavy (non-hydrogen) atoms. The molecule has 0 heterocycles. The first-order valence-electron chi connectivity index (χ1n) is 7.73. The molecule has 0 aromatic heterocycles. The summed E-state index contributed by atoms with van der Waals surface area (Å²) in [4.78, 5) is 12.0. The van der Waals surface area contributed by atoms with E-state index in [2.05, 4.69) is 24.3 Å². The molecule has 0 aliphatic heterocycles. The van der Waals surface area contributed by atoms with E-state index in [1.54, 1.807) is 20.8 Å². The van der Waals surface area contributed by atoms with Gasteiger partial charge in [-0.2, -0.15) is 5.06 Å². The molecule has 0 atom stereocenters. The molecule has 4 nitrogen and oxygen atoms in total. The summed E-state index contributed by atoms with van der Waals surface area (Å²) in [5.74, 6) is -0.000261. The summed E-state index contributed by atoms with van der Waals surface area (Å²) in [6.07, 6.45) is -0.723. The van der Waals surface area contributed by atoms with Crippen LogP contribution in [0.25, 0.3) is 11.1 Å². The zero-order valence-electron chi connectivity index (χ0n) is 13.6. The first-order chi connectivity index (χ1) is 10.9. The molecule has 1 N–H and O–H groups in total. The number of hydroxylamine groups is 2. The summed E-state index contributed by atoms with van der Waals surface area (Å²) < 4.78 is 5.36. The van der Waals surface area contributed by atoms with Crippen molar-refractivity contribution in [1.29, 1.82) is 0 Å². The number of hydrogen-bond acceptors (Lipinski definition) is 3. The molecule has 1 aliphatic rings. The van der Waals surface area contributed by atoms with Crippen LogP contribution in [0.5, 0.6) is 0 Å². The summed E-state index contributed by atoms with van der Waals surface area (Å²) in [5, 5.41) is 10.5. The molecule has 2 aromatic rings. The molecular formula is C19H21NO3.